The van der Waals surface area contributed by atoms with Gasteiger partial charge >= 0.3 is 5.69 Å². The number of fused-ring (bicyclic) bond motifs is 2. The Morgan fingerprint density at radius 3 is 2.62 bits per heavy atom. The van der Waals surface area contributed by atoms with Crippen LogP contribution in [-0.2, 0) is 14.1 Å². The zero-order chi connectivity index (χ0) is 18.4. The van der Waals surface area contributed by atoms with E-state index in [4.69, 9.17) is 0 Å². The molecule has 0 spiro atoms. The van der Waals surface area contributed by atoms with Crippen molar-refractivity contribution in [2.45, 2.75) is 0 Å². The fraction of sp³-hybridized carbons (Fsp3) is 0.118. The Kier molecular flexibility index (Phi) is 3.43. The van der Waals surface area contributed by atoms with E-state index in [-0.39, 0.29) is 28.5 Å². The first-order valence-corrected chi connectivity index (χ1v) is 7.75. The minimum atomic E-state index is -0.495. The molecular weight excluding hydrogens is 336 g/mol. The average molecular weight is 350 g/mol. The molecule has 4 rings (SSSR count). The van der Waals surface area contributed by atoms with Crippen LogP contribution in [0.25, 0.3) is 21.9 Å². The van der Waals surface area contributed by atoms with Crippen molar-refractivity contribution >= 4 is 33.6 Å². The van der Waals surface area contributed by atoms with Gasteiger partial charge in [0.1, 0.15) is 5.69 Å². The molecule has 0 aliphatic heterocycles. The van der Waals surface area contributed by atoms with E-state index < -0.39 is 11.2 Å². The molecule has 0 radical (unpaired) electrons. The Bertz CT molecular complexity index is 1310. The third kappa shape index (κ3) is 2.29. The molecule has 0 amide bonds. The summed E-state index contributed by atoms with van der Waals surface area (Å²) in [6.07, 6.45) is 0. The van der Waals surface area contributed by atoms with Crippen LogP contribution < -0.4 is 11.2 Å². The summed E-state index contributed by atoms with van der Waals surface area (Å²) < 4.78 is 2.23. The van der Waals surface area contributed by atoms with E-state index in [9.17, 15) is 14.7 Å². The maximum absolute atomic E-state index is 12.2. The maximum atomic E-state index is 12.2. The average Bonchev–Trinajstić information content (AvgIpc) is 3.09. The molecule has 9 heteroatoms. The second kappa shape index (κ2) is 5.66. The number of nitrogens with one attached hydrogen (secondary N) is 1. The zero-order valence-electron chi connectivity index (χ0n) is 14.0. The predicted molar refractivity (Wildman–Crippen MR) is 96.4 cm³/mol. The number of aryl methyl sites for hydroxylation is 1. The Labute approximate surface area is 145 Å². The summed E-state index contributed by atoms with van der Waals surface area (Å²) in [6.45, 7) is 0. The van der Waals surface area contributed by atoms with Gasteiger partial charge in [0.25, 0.3) is 5.56 Å². The lowest BCUT2D eigenvalue weighted by atomic mass is 10.1. The van der Waals surface area contributed by atoms with E-state index in [1.165, 1.54) is 18.7 Å². The summed E-state index contributed by atoms with van der Waals surface area (Å²) in [5.74, 6) is 0.0668. The number of H-pyrrole nitrogens is 1. The quantitative estimate of drug-likeness (QED) is 0.539. The second-order valence-electron chi connectivity index (χ2n) is 5.82. The molecule has 26 heavy (non-hydrogen) atoms. The van der Waals surface area contributed by atoms with Crippen LogP contribution in [0, 0.1) is 0 Å². The standard InChI is InChI=1S/C17H14N6O3/c1-22-14-12(15(25)23(2)17(22)26)18-16(19-14)21-20-11-8-7-9-5-3-4-6-10(9)13(11)24/h3-8,24H,1-2H3,(H,18,19). The summed E-state index contributed by atoms with van der Waals surface area (Å²) in [6, 6.07) is 10.8. The number of nitrogens with zero attached hydrogens (tertiary/aromatic N) is 5. The van der Waals surface area contributed by atoms with Gasteiger partial charge in [0.15, 0.2) is 16.9 Å². The fourth-order valence-electron chi connectivity index (χ4n) is 2.79. The van der Waals surface area contributed by atoms with Crippen molar-refractivity contribution in [2.75, 3.05) is 0 Å². The number of phenolic OH excluding ortho intramolecular Hbond substituents is 1. The summed E-state index contributed by atoms with van der Waals surface area (Å²) >= 11 is 0. The molecule has 2 heterocycles. The van der Waals surface area contributed by atoms with Gasteiger partial charge in [0.05, 0.1) is 0 Å². The third-order valence-corrected chi connectivity index (χ3v) is 4.21. The van der Waals surface area contributed by atoms with Crippen LogP contribution in [0.2, 0.25) is 0 Å². The van der Waals surface area contributed by atoms with Crippen molar-refractivity contribution in [3.63, 3.8) is 0 Å². The van der Waals surface area contributed by atoms with E-state index in [0.29, 0.717) is 5.39 Å². The lowest BCUT2D eigenvalue weighted by Crippen LogP contribution is -2.36. The van der Waals surface area contributed by atoms with E-state index in [1.54, 1.807) is 12.1 Å². The normalized spacial score (nSPS) is 11.8. The lowest BCUT2D eigenvalue weighted by molar-refractivity contribution is 0.482. The van der Waals surface area contributed by atoms with Crippen LogP contribution in [0.3, 0.4) is 0 Å². The molecule has 2 aromatic carbocycles. The van der Waals surface area contributed by atoms with Crippen molar-refractivity contribution in [2.24, 2.45) is 24.3 Å². The Balaban J connectivity index is 1.82. The summed E-state index contributed by atoms with van der Waals surface area (Å²) in [7, 11) is 2.90. The highest BCUT2D eigenvalue weighted by Crippen LogP contribution is 2.35. The number of aromatic amines is 1. The van der Waals surface area contributed by atoms with Gasteiger partial charge in [-0.05, 0) is 11.5 Å². The zero-order valence-corrected chi connectivity index (χ0v) is 14.0. The number of rotatable bonds is 2. The molecule has 0 aliphatic carbocycles. The SMILES string of the molecule is Cn1c(=O)c2[nH]c(N=Nc3ccc4ccccc4c3O)nc2n(C)c1=O. The molecule has 130 valence electrons. The molecular formula is C17H14N6O3. The molecule has 2 N–H and O–H groups in total. The number of hydrogen-bond acceptors (Lipinski definition) is 6. The molecule has 0 bridgehead atoms. The van der Waals surface area contributed by atoms with Crippen LogP contribution in [0.15, 0.2) is 56.2 Å². The monoisotopic (exact) mass is 350 g/mol. The van der Waals surface area contributed by atoms with Crippen molar-refractivity contribution in [1.29, 1.82) is 0 Å². The highest BCUT2D eigenvalue weighted by molar-refractivity contribution is 5.92. The highest BCUT2D eigenvalue weighted by Gasteiger charge is 2.13. The number of benzene rings is 2. The van der Waals surface area contributed by atoms with Gasteiger partial charge < -0.3 is 10.1 Å². The molecule has 0 aliphatic rings. The van der Waals surface area contributed by atoms with Gasteiger partial charge in [-0.25, -0.2) is 4.79 Å². The number of hydrogen-bond donors (Lipinski definition) is 2. The third-order valence-electron chi connectivity index (χ3n) is 4.21. The van der Waals surface area contributed by atoms with E-state index in [1.807, 2.05) is 24.3 Å². The molecule has 0 fully saturated rings. The number of aromatic nitrogens is 4. The van der Waals surface area contributed by atoms with Gasteiger partial charge in [-0.15, -0.1) is 10.2 Å². The molecule has 2 aromatic heterocycles. The van der Waals surface area contributed by atoms with Crippen LogP contribution >= 0.6 is 0 Å². The van der Waals surface area contributed by atoms with Crippen molar-refractivity contribution < 1.29 is 5.11 Å². The number of azo groups is 1. The first-order valence-electron chi connectivity index (χ1n) is 7.75. The summed E-state index contributed by atoms with van der Waals surface area (Å²) in [4.78, 5) is 31.0. The molecule has 4 aromatic rings. The number of phenols is 1. The van der Waals surface area contributed by atoms with Crippen LogP contribution in [-0.4, -0.2) is 24.2 Å². The molecule has 0 saturated carbocycles. The minimum absolute atomic E-state index is 0.00581. The van der Waals surface area contributed by atoms with E-state index in [2.05, 4.69) is 20.2 Å². The van der Waals surface area contributed by atoms with Crippen molar-refractivity contribution in [3.05, 3.63) is 57.2 Å². The highest BCUT2D eigenvalue weighted by atomic mass is 16.3. The van der Waals surface area contributed by atoms with Crippen LogP contribution in [0.4, 0.5) is 11.6 Å². The minimum Gasteiger partial charge on any atom is -0.505 e. The smallest absolute Gasteiger partial charge is 0.332 e. The Morgan fingerprint density at radius 1 is 1.04 bits per heavy atom. The maximum Gasteiger partial charge on any atom is 0.332 e. The van der Waals surface area contributed by atoms with Gasteiger partial charge in [-0.2, -0.15) is 4.98 Å². The molecule has 0 atom stereocenters. The Morgan fingerprint density at radius 2 is 1.81 bits per heavy atom. The second-order valence-corrected chi connectivity index (χ2v) is 5.82. The Hall–Kier alpha value is -3.75. The van der Waals surface area contributed by atoms with E-state index in [0.717, 1.165) is 9.95 Å². The number of imidazole rings is 1. The summed E-state index contributed by atoms with van der Waals surface area (Å²) in [5, 5.41) is 19.9. The predicted octanol–water partition coefficient (Wildman–Crippen LogP) is 2.23. The lowest BCUT2D eigenvalue weighted by Gasteiger charge is -2.02. The fourth-order valence-corrected chi connectivity index (χ4v) is 2.79. The van der Waals surface area contributed by atoms with Gasteiger partial charge in [0, 0.05) is 19.5 Å². The first-order chi connectivity index (χ1) is 12.5. The van der Waals surface area contributed by atoms with Crippen LogP contribution in [0.5, 0.6) is 5.75 Å². The largest absolute Gasteiger partial charge is 0.505 e. The molecule has 0 saturated heterocycles. The van der Waals surface area contributed by atoms with E-state index >= 15 is 0 Å². The van der Waals surface area contributed by atoms with Crippen LogP contribution in [0.1, 0.15) is 0 Å². The number of aromatic hydroxyl groups is 1. The molecule has 0 unspecified atom stereocenters. The topological polar surface area (TPSA) is 118 Å². The van der Waals surface area contributed by atoms with Crippen molar-refractivity contribution in [3.8, 4) is 5.75 Å². The summed E-state index contributed by atoms with van der Waals surface area (Å²) in [5.41, 5.74) is -0.359. The van der Waals surface area contributed by atoms with Gasteiger partial charge in [-0.3, -0.25) is 13.9 Å². The van der Waals surface area contributed by atoms with Gasteiger partial charge in [0.2, 0.25) is 5.95 Å². The van der Waals surface area contributed by atoms with Crippen molar-refractivity contribution in [1.82, 2.24) is 19.1 Å². The molecule has 9 nitrogen and oxygen atoms in total. The van der Waals surface area contributed by atoms with Gasteiger partial charge in [-0.1, -0.05) is 30.3 Å². The first kappa shape index (κ1) is 15.8.